The molecule has 4 heteroatoms. The lowest BCUT2D eigenvalue weighted by molar-refractivity contribution is 0.242. The number of hydrogen-bond acceptors (Lipinski definition) is 2. The summed E-state index contributed by atoms with van der Waals surface area (Å²) in [6.07, 6.45) is 4.67. The largest absolute Gasteiger partial charge is 0.338 e. The number of nitrogens with one attached hydrogen (secondary N) is 2. The highest BCUT2D eigenvalue weighted by molar-refractivity contribution is 5.74. The van der Waals surface area contributed by atoms with Gasteiger partial charge in [-0.25, -0.2) is 4.79 Å². The quantitative estimate of drug-likeness (QED) is 0.687. The van der Waals surface area contributed by atoms with E-state index >= 15 is 0 Å². The van der Waals surface area contributed by atoms with Gasteiger partial charge in [0.1, 0.15) is 0 Å². The summed E-state index contributed by atoms with van der Waals surface area (Å²) >= 11 is 0. The molecule has 0 unspecified atom stereocenters. The SMILES string of the molecule is CCN(CC)CCCNC(=O)N/C=C/C(C)(C)C. The number of carbonyl (C=O) groups excluding carboxylic acids is 1. The number of carbonyl (C=O) groups is 1. The molecule has 0 rings (SSSR count). The minimum absolute atomic E-state index is 0.0933. The van der Waals surface area contributed by atoms with Crippen LogP contribution < -0.4 is 10.6 Å². The standard InChI is InChI=1S/C14H29N3O/c1-6-17(7-2)12-8-10-15-13(18)16-11-9-14(3,4)5/h9,11H,6-8,10,12H2,1-5H3,(H2,15,16,18)/b11-9+. The lowest BCUT2D eigenvalue weighted by Gasteiger charge is -2.17. The van der Waals surface area contributed by atoms with Crippen molar-refractivity contribution >= 4 is 6.03 Å². The van der Waals surface area contributed by atoms with E-state index in [1.54, 1.807) is 6.20 Å². The number of hydrogen-bond donors (Lipinski definition) is 2. The molecule has 0 bridgehead atoms. The molecule has 0 aliphatic carbocycles. The fraction of sp³-hybridized carbons (Fsp3) is 0.786. The van der Waals surface area contributed by atoms with Gasteiger partial charge in [0.2, 0.25) is 0 Å². The van der Waals surface area contributed by atoms with Gasteiger partial charge in [-0.2, -0.15) is 0 Å². The highest BCUT2D eigenvalue weighted by Crippen LogP contribution is 2.13. The molecule has 106 valence electrons. The topological polar surface area (TPSA) is 44.4 Å². The normalized spacial score (nSPS) is 12.1. The Bertz CT molecular complexity index is 252. The zero-order valence-corrected chi connectivity index (χ0v) is 12.5. The van der Waals surface area contributed by atoms with Crippen molar-refractivity contribution in [2.24, 2.45) is 5.41 Å². The number of amides is 2. The van der Waals surface area contributed by atoms with Crippen LogP contribution in [0.2, 0.25) is 0 Å². The van der Waals surface area contributed by atoms with Gasteiger partial charge in [-0.1, -0.05) is 40.7 Å². The zero-order valence-electron chi connectivity index (χ0n) is 12.5. The molecule has 4 nitrogen and oxygen atoms in total. The molecule has 0 aliphatic heterocycles. The van der Waals surface area contributed by atoms with Crippen LogP contribution in [0, 0.1) is 5.41 Å². The summed E-state index contributed by atoms with van der Waals surface area (Å²) in [6, 6.07) is -0.130. The molecule has 0 aliphatic rings. The molecular formula is C14H29N3O. The van der Waals surface area contributed by atoms with Crippen molar-refractivity contribution in [3.05, 3.63) is 12.3 Å². The van der Waals surface area contributed by atoms with Gasteiger partial charge in [-0.3, -0.25) is 0 Å². The molecule has 2 amide bonds. The van der Waals surface area contributed by atoms with Crippen molar-refractivity contribution in [1.82, 2.24) is 15.5 Å². The predicted molar refractivity (Wildman–Crippen MR) is 77.5 cm³/mol. The summed E-state index contributed by atoms with van der Waals surface area (Å²) in [5.41, 5.74) is 0.0933. The summed E-state index contributed by atoms with van der Waals surface area (Å²) in [4.78, 5) is 13.8. The first-order chi connectivity index (χ1) is 8.39. The van der Waals surface area contributed by atoms with E-state index in [9.17, 15) is 4.79 Å². The molecule has 0 atom stereocenters. The molecule has 0 aromatic heterocycles. The van der Waals surface area contributed by atoms with Crippen molar-refractivity contribution in [2.75, 3.05) is 26.2 Å². The molecule has 18 heavy (non-hydrogen) atoms. The van der Waals surface area contributed by atoms with E-state index < -0.39 is 0 Å². The third-order valence-electron chi connectivity index (χ3n) is 2.63. The van der Waals surface area contributed by atoms with Crippen LogP contribution in [0.5, 0.6) is 0 Å². The molecular weight excluding hydrogens is 226 g/mol. The molecule has 0 saturated heterocycles. The number of rotatable bonds is 7. The van der Waals surface area contributed by atoms with E-state index in [1.165, 1.54) is 0 Å². The smallest absolute Gasteiger partial charge is 0.318 e. The first-order valence-corrected chi connectivity index (χ1v) is 6.83. The van der Waals surface area contributed by atoms with E-state index in [1.807, 2.05) is 6.08 Å². The molecule has 0 radical (unpaired) electrons. The summed E-state index contributed by atoms with van der Waals surface area (Å²) in [5, 5.41) is 5.56. The van der Waals surface area contributed by atoms with Crippen LogP contribution in [0.4, 0.5) is 4.79 Å². The Kier molecular flexibility index (Phi) is 8.46. The van der Waals surface area contributed by atoms with E-state index in [4.69, 9.17) is 0 Å². The van der Waals surface area contributed by atoms with E-state index in [-0.39, 0.29) is 11.4 Å². The van der Waals surface area contributed by atoms with Gasteiger partial charge in [-0.15, -0.1) is 0 Å². The van der Waals surface area contributed by atoms with Crippen LogP contribution >= 0.6 is 0 Å². The minimum atomic E-state index is -0.130. The second kappa shape index (κ2) is 8.97. The van der Waals surface area contributed by atoms with Crippen molar-refractivity contribution in [2.45, 2.75) is 41.0 Å². The number of nitrogens with zero attached hydrogens (tertiary/aromatic N) is 1. The third-order valence-corrected chi connectivity index (χ3v) is 2.63. The molecule has 0 heterocycles. The van der Waals surface area contributed by atoms with Gasteiger partial charge in [0.15, 0.2) is 0 Å². The summed E-state index contributed by atoms with van der Waals surface area (Å²) in [5.74, 6) is 0. The second-order valence-electron chi connectivity index (χ2n) is 5.48. The van der Waals surface area contributed by atoms with Crippen molar-refractivity contribution < 1.29 is 4.79 Å². The van der Waals surface area contributed by atoms with Crippen LogP contribution in [0.15, 0.2) is 12.3 Å². The highest BCUT2D eigenvalue weighted by atomic mass is 16.2. The molecule has 0 spiro atoms. The summed E-state index contributed by atoms with van der Waals surface area (Å²) in [7, 11) is 0. The van der Waals surface area contributed by atoms with Crippen LogP contribution in [0.3, 0.4) is 0 Å². The maximum Gasteiger partial charge on any atom is 0.318 e. The third kappa shape index (κ3) is 10.1. The fourth-order valence-corrected chi connectivity index (χ4v) is 1.46. The Labute approximate surface area is 112 Å². The monoisotopic (exact) mass is 255 g/mol. The Hall–Kier alpha value is -1.03. The van der Waals surface area contributed by atoms with Gasteiger partial charge in [0.25, 0.3) is 0 Å². The average molecular weight is 255 g/mol. The first-order valence-electron chi connectivity index (χ1n) is 6.83. The van der Waals surface area contributed by atoms with Crippen molar-refractivity contribution in [1.29, 1.82) is 0 Å². The van der Waals surface area contributed by atoms with Gasteiger partial charge in [-0.05, 0) is 31.5 Å². The van der Waals surface area contributed by atoms with Gasteiger partial charge < -0.3 is 15.5 Å². The molecule has 0 aromatic rings. The maximum atomic E-state index is 11.4. The van der Waals surface area contributed by atoms with Gasteiger partial charge in [0, 0.05) is 12.7 Å². The fourth-order valence-electron chi connectivity index (χ4n) is 1.46. The van der Waals surface area contributed by atoms with E-state index in [0.717, 1.165) is 26.1 Å². The summed E-state index contributed by atoms with van der Waals surface area (Å²) < 4.78 is 0. The summed E-state index contributed by atoms with van der Waals surface area (Å²) in [6.45, 7) is 14.5. The van der Waals surface area contributed by atoms with Crippen molar-refractivity contribution in [3.63, 3.8) is 0 Å². The van der Waals surface area contributed by atoms with Crippen molar-refractivity contribution in [3.8, 4) is 0 Å². The molecule has 2 N–H and O–H groups in total. The van der Waals surface area contributed by atoms with Gasteiger partial charge >= 0.3 is 6.03 Å². The highest BCUT2D eigenvalue weighted by Gasteiger charge is 2.04. The average Bonchev–Trinajstić information content (AvgIpc) is 2.27. The molecule has 0 aromatic carbocycles. The maximum absolute atomic E-state index is 11.4. The second-order valence-corrected chi connectivity index (χ2v) is 5.48. The Morgan fingerprint density at radius 1 is 1.22 bits per heavy atom. The number of allylic oxidation sites excluding steroid dienone is 1. The Balaban J connectivity index is 3.63. The minimum Gasteiger partial charge on any atom is -0.338 e. The van der Waals surface area contributed by atoms with Crippen LogP contribution in [0.1, 0.15) is 41.0 Å². The Morgan fingerprint density at radius 2 is 1.83 bits per heavy atom. The lowest BCUT2D eigenvalue weighted by Crippen LogP contribution is -2.35. The van der Waals surface area contributed by atoms with E-state index in [0.29, 0.717) is 6.54 Å². The molecule has 0 fully saturated rings. The van der Waals surface area contributed by atoms with Crippen LogP contribution in [-0.4, -0.2) is 37.1 Å². The van der Waals surface area contributed by atoms with Crippen LogP contribution in [-0.2, 0) is 0 Å². The zero-order chi connectivity index (χ0) is 14.0. The Morgan fingerprint density at radius 3 is 2.33 bits per heavy atom. The number of urea groups is 1. The van der Waals surface area contributed by atoms with Gasteiger partial charge in [0.05, 0.1) is 0 Å². The predicted octanol–water partition coefficient (Wildman–Crippen LogP) is 2.58. The van der Waals surface area contributed by atoms with E-state index in [2.05, 4.69) is 50.2 Å². The first kappa shape index (κ1) is 17.0. The van der Waals surface area contributed by atoms with Crippen LogP contribution in [0.25, 0.3) is 0 Å². The molecule has 0 saturated carbocycles. The lowest BCUT2D eigenvalue weighted by atomic mass is 9.97.